The lowest BCUT2D eigenvalue weighted by molar-refractivity contribution is 0.553. The number of hydrogen-bond acceptors (Lipinski definition) is 2. The molecule has 0 spiro atoms. The Kier molecular flexibility index (Phi) is 3.18. The van der Waals surface area contributed by atoms with Gasteiger partial charge in [0.25, 0.3) is 0 Å². The Morgan fingerprint density at radius 3 is 1.67 bits per heavy atom. The van der Waals surface area contributed by atoms with Crippen LogP contribution >= 0.6 is 0 Å². The Morgan fingerprint density at radius 1 is 0.778 bits per heavy atom. The third-order valence-electron chi connectivity index (χ3n) is 3.27. The summed E-state index contributed by atoms with van der Waals surface area (Å²) in [4.78, 5) is 0. The minimum absolute atomic E-state index is 0.928. The number of furan rings is 2. The minimum atomic E-state index is 0.928. The fraction of sp³-hybridized carbons (Fsp3) is 0.250. The zero-order valence-electron chi connectivity index (χ0n) is 10.3. The summed E-state index contributed by atoms with van der Waals surface area (Å²) in [5, 5.41) is 0. The normalized spacial score (nSPS) is 20.7. The van der Waals surface area contributed by atoms with Gasteiger partial charge in [-0.15, -0.1) is 0 Å². The van der Waals surface area contributed by atoms with E-state index in [1.54, 1.807) is 12.5 Å². The Morgan fingerprint density at radius 2 is 1.28 bits per heavy atom. The third-order valence-corrected chi connectivity index (χ3v) is 3.27. The van der Waals surface area contributed by atoms with E-state index in [-0.39, 0.29) is 0 Å². The summed E-state index contributed by atoms with van der Waals surface area (Å²) in [6, 6.07) is 7.83. The molecule has 0 unspecified atom stereocenters. The van der Waals surface area contributed by atoms with E-state index in [9.17, 15) is 0 Å². The number of rotatable bonds is 2. The van der Waals surface area contributed by atoms with Crippen molar-refractivity contribution in [2.24, 2.45) is 0 Å². The zero-order chi connectivity index (χ0) is 12.2. The molecule has 18 heavy (non-hydrogen) atoms. The SMILES string of the molecule is C(=C1CCCCC1=Cc1ccco1)c1ccco1. The number of hydrogen-bond donors (Lipinski definition) is 0. The van der Waals surface area contributed by atoms with E-state index in [0.29, 0.717) is 0 Å². The third kappa shape index (κ3) is 2.48. The maximum atomic E-state index is 5.39. The van der Waals surface area contributed by atoms with Crippen LogP contribution < -0.4 is 0 Å². The molecule has 0 N–H and O–H groups in total. The van der Waals surface area contributed by atoms with Crippen LogP contribution in [0.2, 0.25) is 0 Å². The Hall–Kier alpha value is -1.96. The maximum absolute atomic E-state index is 5.39. The fourth-order valence-corrected chi connectivity index (χ4v) is 2.37. The first-order chi connectivity index (χ1) is 8.92. The molecular weight excluding hydrogens is 224 g/mol. The molecule has 2 aromatic rings. The van der Waals surface area contributed by atoms with Crippen LogP contribution in [0.1, 0.15) is 37.2 Å². The predicted octanol–water partition coefficient (Wildman–Crippen LogP) is 4.91. The lowest BCUT2D eigenvalue weighted by atomic mass is 9.88. The van der Waals surface area contributed by atoms with Crippen LogP contribution in [-0.2, 0) is 0 Å². The summed E-state index contributed by atoms with van der Waals surface area (Å²) >= 11 is 0. The first-order valence-electron chi connectivity index (χ1n) is 6.40. The predicted molar refractivity (Wildman–Crippen MR) is 71.8 cm³/mol. The monoisotopic (exact) mass is 240 g/mol. The quantitative estimate of drug-likeness (QED) is 0.745. The highest BCUT2D eigenvalue weighted by molar-refractivity contribution is 5.63. The smallest absolute Gasteiger partial charge is 0.126 e. The van der Waals surface area contributed by atoms with Crippen LogP contribution in [-0.4, -0.2) is 0 Å². The first-order valence-corrected chi connectivity index (χ1v) is 6.40. The second-order valence-electron chi connectivity index (χ2n) is 4.58. The molecule has 0 atom stereocenters. The van der Waals surface area contributed by atoms with Gasteiger partial charge in [0, 0.05) is 0 Å². The van der Waals surface area contributed by atoms with E-state index in [2.05, 4.69) is 12.2 Å². The van der Waals surface area contributed by atoms with Crippen LogP contribution in [0.5, 0.6) is 0 Å². The van der Waals surface area contributed by atoms with Crippen molar-refractivity contribution in [3.8, 4) is 0 Å². The molecule has 2 heterocycles. The van der Waals surface area contributed by atoms with E-state index in [0.717, 1.165) is 24.4 Å². The van der Waals surface area contributed by atoms with Crippen LogP contribution in [0.3, 0.4) is 0 Å². The van der Waals surface area contributed by atoms with Crippen molar-refractivity contribution in [2.45, 2.75) is 25.7 Å². The molecule has 0 bridgehead atoms. The fourth-order valence-electron chi connectivity index (χ4n) is 2.37. The van der Waals surface area contributed by atoms with Gasteiger partial charge in [0.1, 0.15) is 11.5 Å². The van der Waals surface area contributed by atoms with Crippen LogP contribution in [0, 0.1) is 0 Å². The molecule has 0 aliphatic heterocycles. The topological polar surface area (TPSA) is 26.3 Å². The average Bonchev–Trinajstić information content (AvgIpc) is 3.05. The maximum Gasteiger partial charge on any atom is 0.126 e. The van der Waals surface area contributed by atoms with E-state index in [1.807, 2.05) is 24.3 Å². The van der Waals surface area contributed by atoms with E-state index in [4.69, 9.17) is 8.83 Å². The highest BCUT2D eigenvalue weighted by Crippen LogP contribution is 2.32. The molecule has 0 saturated heterocycles. The van der Waals surface area contributed by atoms with Gasteiger partial charge >= 0.3 is 0 Å². The van der Waals surface area contributed by atoms with Crippen LogP contribution in [0.25, 0.3) is 12.2 Å². The molecule has 0 aromatic carbocycles. The van der Waals surface area contributed by atoms with Crippen molar-refractivity contribution in [1.82, 2.24) is 0 Å². The summed E-state index contributed by atoms with van der Waals surface area (Å²) in [6.45, 7) is 0. The highest BCUT2D eigenvalue weighted by Gasteiger charge is 2.12. The molecule has 0 amide bonds. The molecule has 2 aromatic heterocycles. The van der Waals surface area contributed by atoms with Gasteiger partial charge in [0.15, 0.2) is 0 Å². The summed E-state index contributed by atoms with van der Waals surface area (Å²) in [5.74, 6) is 1.86. The Bertz CT molecular complexity index is 490. The van der Waals surface area contributed by atoms with E-state index >= 15 is 0 Å². The Labute approximate surface area is 107 Å². The largest absolute Gasteiger partial charge is 0.465 e. The van der Waals surface area contributed by atoms with Gasteiger partial charge in [-0.2, -0.15) is 0 Å². The average molecular weight is 240 g/mol. The standard InChI is InChI=1S/C16H16O2/c1-2-6-14(12-16-8-4-10-18-16)13(5-1)11-15-7-3-9-17-15/h3-4,7-12H,1-2,5-6H2. The van der Waals surface area contributed by atoms with Crippen molar-refractivity contribution in [3.63, 3.8) is 0 Å². The molecule has 2 nitrogen and oxygen atoms in total. The molecule has 3 rings (SSSR count). The number of allylic oxidation sites excluding steroid dienone is 2. The molecule has 1 saturated carbocycles. The van der Waals surface area contributed by atoms with Crippen LogP contribution in [0.4, 0.5) is 0 Å². The van der Waals surface area contributed by atoms with Gasteiger partial charge in [-0.25, -0.2) is 0 Å². The van der Waals surface area contributed by atoms with Crippen LogP contribution in [0.15, 0.2) is 56.8 Å². The summed E-state index contributed by atoms with van der Waals surface area (Å²) in [5.41, 5.74) is 2.74. The van der Waals surface area contributed by atoms with Gasteiger partial charge in [-0.1, -0.05) is 0 Å². The molecule has 1 fully saturated rings. The molecule has 2 heteroatoms. The van der Waals surface area contributed by atoms with Gasteiger partial charge in [0.2, 0.25) is 0 Å². The van der Waals surface area contributed by atoms with Gasteiger partial charge in [-0.3, -0.25) is 0 Å². The zero-order valence-corrected chi connectivity index (χ0v) is 10.3. The lowest BCUT2D eigenvalue weighted by Crippen LogP contribution is -1.98. The van der Waals surface area contributed by atoms with E-state index in [1.165, 1.54) is 24.0 Å². The first kappa shape index (κ1) is 11.1. The summed E-state index contributed by atoms with van der Waals surface area (Å²) in [7, 11) is 0. The van der Waals surface area contributed by atoms with E-state index < -0.39 is 0 Å². The Balaban J connectivity index is 1.91. The molecule has 1 aliphatic carbocycles. The van der Waals surface area contributed by atoms with Gasteiger partial charge in [-0.05, 0) is 73.2 Å². The van der Waals surface area contributed by atoms with Gasteiger partial charge < -0.3 is 8.83 Å². The second kappa shape index (κ2) is 5.13. The molecule has 0 radical (unpaired) electrons. The summed E-state index contributed by atoms with van der Waals surface area (Å²) < 4.78 is 10.8. The summed E-state index contributed by atoms with van der Waals surface area (Å²) in [6.07, 6.45) is 12.5. The van der Waals surface area contributed by atoms with Crippen molar-refractivity contribution < 1.29 is 8.83 Å². The van der Waals surface area contributed by atoms with Gasteiger partial charge in [0.05, 0.1) is 12.5 Å². The molecule has 1 aliphatic rings. The lowest BCUT2D eigenvalue weighted by Gasteiger charge is -2.17. The second-order valence-corrected chi connectivity index (χ2v) is 4.58. The van der Waals surface area contributed by atoms with Crippen molar-refractivity contribution in [2.75, 3.05) is 0 Å². The highest BCUT2D eigenvalue weighted by atomic mass is 16.3. The molecular formula is C16H16O2. The van der Waals surface area contributed by atoms with Crippen molar-refractivity contribution in [1.29, 1.82) is 0 Å². The molecule has 92 valence electrons. The van der Waals surface area contributed by atoms with Crippen molar-refractivity contribution in [3.05, 3.63) is 59.5 Å². The minimum Gasteiger partial charge on any atom is -0.465 e. The van der Waals surface area contributed by atoms with Crippen molar-refractivity contribution >= 4 is 12.2 Å².